The first-order valence-electron chi connectivity index (χ1n) is 6.68. The zero-order valence-corrected chi connectivity index (χ0v) is 13.2. The zero-order valence-electron chi connectivity index (χ0n) is 12.4. The summed E-state index contributed by atoms with van der Waals surface area (Å²) < 4.78 is 0. The molecule has 0 aliphatic carbocycles. The highest BCUT2D eigenvalue weighted by molar-refractivity contribution is 7.99. The maximum absolute atomic E-state index is 12.3. The predicted octanol–water partition coefficient (Wildman–Crippen LogP) is 1.35. The highest BCUT2D eigenvalue weighted by Gasteiger charge is 2.18. The van der Waals surface area contributed by atoms with Crippen molar-refractivity contribution in [3.8, 4) is 0 Å². The van der Waals surface area contributed by atoms with Crippen LogP contribution in [0.1, 0.15) is 18.5 Å². The second kappa shape index (κ2) is 7.08. The number of aromatic nitrogens is 3. The summed E-state index contributed by atoms with van der Waals surface area (Å²) in [6.07, 6.45) is 0. The van der Waals surface area contributed by atoms with Crippen molar-refractivity contribution in [2.45, 2.75) is 18.1 Å². The molecule has 1 amide bonds. The zero-order chi connectivity index (χ0) is 16.1. The molecule has 0 bridgehead atoms. The number of nitrogens with two attached hydrogens (primary N) is 2. The molecule has 0 saturated heterocycles. The van der Waals surface area contributed by atoms with Crippen LogP contribution in [0, 0.1) is 0 Å². The van der Waals surface area contributed by atoms with Gasteiger partial charge in [0.2, 0.25) is 17.8 Å². The first kappa shape index (κ1) is 16.0. The van der Waals surface area contributed by atoms with Crippen LogP contribution in [0.4, 0.5) is 11.9 Å². The summed E-state index contributed by atoms with van der Waals surface area (Å²) in [7, 11) is 1.77. The van der Waals surface area contributed by atoms with E-state index in [0.29, 0.717) is 5.16 Å². The van der Waals surface area contributed by atoms with Gasteiger partial charge in [0.05, 0.1) is 11.8 Å². The van der Waals surface area contributed by atoms with E-state index in [-0.39, 0.29) is 29.6 Å². The van der Waals surface area contributed by atoms with Crippen LogP contribution in [0.2, 0.25) is 0 Å². The SMILES string of the molecule is C[C@H](c1ccccc1)N(C)C(=O)CSc1nc(N)nc(N)n1. The monoisotopic (exact) mass is 318 g/mol. The summed E-state index contributed by atoms with van der Waals surface area (Å²) in [5.74, 6) is 0.275. The van der Waals surface area contributed by atoms with E-state index >= 15 is 0 Å². The van der Waals surface area contributed by atoms with E-state index in [4.69, 9.17) is 11.5 Å². The van der Waals surface area contributed by atoms with Gasteiger partial charge < -0.3 is 16.4 Å². The van der Waals surface area contributed by atoms with Crippen LogP contribution in [-0.2, 0) is 4.79 Å². The molecule has 0 spiro atoms. The molecule has 0 unspecified atom stereocenters. The largest absolute Gasteiger partial charge is 0.368 e. The number of thioether (sulfide) groups is 1. The molecule has 4 N–H and O–H groups in total. The van der Waals surface area contributed by atoms with Crippen molar-refractivity contribution in [2.75, 3.05) is 24.3 Å². The van der Waals surface area contributed by atoms with Crippen molar-refractivity contribution in [3.05, 3.63) is 35.9 Å². The highest BCUT2D eigenvalue weighted by atomic mass is 32.2. The Bertz CT molecular complexity index is 631. The molecular formula is C14H18N6OS. The van der Waals surface area contributed by atoms with Crippen molar-refractivity contribution in [1.82, 2.24) is 19.9 Å². The van der Waals surface area contributed by atoms with Gasteiger partial charge in [0.1, 0.15) is 0 Å². The summed E-state index contributed by atoms with van der Waals surface area (Å²) in [5, 5.41) is 0.346. The number of nitrogens with zero attached hydrogens (tertiary/aromatic N) is 4. The lowest BCUT2D eigenvalue weighted by Gasteiger charge is -2.25. The molecule has 2 rings (SSSR count). The van der Waals surface area contributed by atoms with Crippen LogP contribution in [-0.4, -0.2) is 38.6 Å². The molecule has 0 aliphatic heterocycles. The Morgan fingerprint density at radius 2 is 1.77 bits per heavy atom. The number of hydrogen-bond acceptors (Lipinski definition) is 7. The molecule has 1 aromatic heterocycles. The minimum Gasteiger partial charge on any atom is -0.368 e. The average Bonchev–Trinajstić information content (AvgIpc) is 2.51. The maximum Gasteiger partial charge on any atom is 0.233 e. The van der Waals surface area contributed by atoms with Crippen molar-refractivity contribution < 1.29 is 4.79 Å². The van der Waals surface area contributed by atoms with Crippen molar-refractivity contribution in [3.63, 3.8) is 0 Å². The van der Waals surface area contributed by atoms with Crippen LogP contribution < -0.4 is 11.5 Å². The number of rotatable bonds is 5. The molecule has 7 nitrogen and oxygen atoms in total. The van der Waals surface area contributed by atoms with Gasteiger partial charge >= 0.3 is 0 Å². The van der Waals surface area contributed by atoms with Gasteiger partial charge in [-0.2, -0.15) is 15.0 Å². The second-order valence-electron chi connectivity index (χ2n) is 4.71. The summed E-state index contributed by atoms with van der Waals surface area (Å²) in [6, 6.07) is 9.83. The molecule has 1 atom stereocenters. The van der Waals surface area contributed by atoms with Crippen LogP contribution >= 0.6 is 11.8 Å². The van der Waals surface area contributed by atoms with Crippen molar-refractivity contribution in [1.29, 1.82) is 0 Å². The van der Waals surface area contributed by atoms with E-state index in [1.807, 2.05) is 37.3 Å². The van der Waals surface area contributed by atoms with E-state index in [2.05, 4.69) is 15.0 Å². The Morgan fingerprint density at radius 1 is 1.18 bits per heavy atom. The molecule has 1 heterocycles. The van der Waals surface area contributed by atoms with Gasteiger partial charge in [-0.25, -0.2) is 0 Å². The third kappa shape index (κ3) is 4.08. The Morgan fingerprint density at radius 3 is 2.36 bits per heavy atom. The number of benzene rings is 1. The molecule has 8 heteroatoms. The van der Waals surface area contributed by atoms with Gasteiger partial charge in [-0.05, 0) is 12.5 Å². The summed E-state index contributed by atoms with van der Waals surface area (Å²) >= 11 is 1.18. The van der Waals surface area contributed by atoms with Gasteiger partial charge in [-0.3, -0.25) is 4.79 Å². The number of carbonyl (C=O) groups excluding carboxylic acids is 1. The van der Waals surface area contributed by atoms with Crippen molar-refractivity contribution in [2.24, 2.45) is 0 Å². The number of nitrogen functional groups attached to an aromatic ring is 2. The number of hydrogen-bond donors (Lipinski definition) is 2. The third-order valence-electron chi connectivity index (χ3n) is 3.23. The van der Waals surface area contributed by atoms with Gasteiger partial charge in [-0.15, -0.1) is 0 Å². The molecule has 0 fully saturated rings. The quantitative estimate of drug-likeness (QED) is 0.800. The molecule has 0 radical (unpaired) electrons. The Labute approximate surface area is 133 Å². The van der Waals surface area contributed by atoms with E-state index in [1.54, 1.807) is 11.9 Å². The fourth-order valence-electron chi connectivity index (χ4n) is 1.85. The van der Waals surface area contributed by atoms with E-state index in [0.717, 1.165) is 5.56 Å². The standard InChI is InChI=1S/C14H18N6OS/c1-9(10-6-4-3-5-7-10)20(2)11(21)8-22-14-18-12(15)17-13(16)19-14/h3-7,9H,8H2,1-2H3,(H4,15,16,17,18,19)/t9-/m1/s1. The number of anilines is 2. The van der Waals surface area contributed by atoms with Gasteiger partial charge in [0.25, 0.3) is 0 Å². The van der Waals surface area contributed by atoms with Crippen LogP contribution in [0.3, 0.4) is 0 Å². The van der Waals surface area contributed by atoms with E-state index < -0.39 is 0 Å². The predicted molar refractivity (Wildman–Crippen MR) is 87.0 cm³/mol. The Kier molecular flexibility index (Phi) is 5.16. The normalized spacial score (nSPS) is 11.9. The molecule has 2 aromatic rings. The summed E-state index contributed by atoms with van der Waals surface area (Å²) in [5.41, 5.74) is 12.1. The molecule has 1 aromatic carbocycles. The number of carbonyl (C=O) groups is 1. The van der Waals surface area contributed by atoms with Gasteiger partial charge in [0.15, 0.2) is 5.16 Å². The first-order valence-corrected chi connectivity index (χ1v) is 7.66. The molecule has 0 saturated carbocycles. The van der Waals surface area contributed by atoms with Gasteiger partial charge in [0, 0.05) is 7.05 Å². The molecule has 116 valence electrons. The fourth-order valence-corrected chi connectivity index (χ4v) is 2.62. The fraction of sp³-hybridized carbons (Fsp3) is 0.286. The van der Waals surface area contributed by atoms with E-state index in [9.17, 15) is 4.79 Å². The summed E-state index contributed by atoms with van der Waals surface area (Å²) in [4.78, 5) is 25.5. The molecular weight excluding hydrogens is 300 g/mol. The maximum atomic E-state index is 12.3. The van der Waals surface area contributed by atoms with Crippen molar-refractivity contribution >= 4 is 29.6 Å². The summed E-state index contributed by atoms with van der Waals surface area (Å²) in [6.45, 7) is 1.98. The lowest BCUT2D eigenvalue weighted by molar-refractivity contribution is -0.128. The smallest absolute Gasteiger partial charge is 0.233 e. The van der Waals surface area contributed by atoms with E-state index in [1.165, 1.54) is 11.8 Å². The lowest BCUT2D eigenvalue weighted by Crippen LogP contribution is -2.31. The highest BCUT2D eigenvalue weighted by Crippen LogP contribution is 2.21. The van der Waals surface area contributed by atoms with Crippen LogP contribution in [0.15, 0.2) is 35.5 Å². The second-order valence-corrected chi connectivity index (χ2v) is 5.66. The molecule has 22 heavy (non-hydrogen) atoms. The first-order chi connectivity index (χ1) is 10.5. The minimum atomic E-state index is -0.0288. The lowest BCUT2D eigenvalue weighted by atomic mass is 10.1. The van der Waals surface area contributed by atoms with Gasteiger partial charge in [-0.1, -0.05) is 42.1 Å². The topological polar surface area (TPSA) is 111 Å². The Hall–Kier alpha value is -2.35. The van der Waals surface area contributed by atoms with Crippen LogP contribution in [0.5, 0.6) is 0 Å². The molecule has 0 aliphatic rings. The number of amides is 1. The third-order valence-corrected chi connectivity index (χ3v) is 4.06. The van der Waals surface area contributed by atoms with Crippen LogP contribution in [0.25, 0.3) is 0 Å². The average molecular weight is 318 g/mol. The Balaban J connectivity index is 1.96. The minimum absolute atomic E-state index is 0.0113.